The van der Waals surface area contributed by atoms with Gasteiger partial charge in [0.2, 0.25) is 0 Å². The van der Waals surface area contributed by atoms with E-state index >= 15 is 0 Å². The number of likely N-dealkylation sites (tertiary alicyclic amines) is 1. The molecule has 3 nitrogen and oxygen atoms in total. The normalized spacial score (nSPS) is 15.2. The molecule has 3 rings (SSSR count). The summed E-state index contributed by atoms with van der Waals surface area (Å²) in [5, 5.41) is 11.7. The van der Waals surface area contributed by atoms with Crippen LogP contribution in [0.1, 0.15) is 23.2 Å². The Morgan fingerprint density at radius 2 is 1.83 bits per heavy atom. The maximum absolute atomic E-state index is 12.3. The number of aromatic hydroxyl groups is 1. The van der Waals surface area contributed by atoms with Crippen molar-refractivity contribution in [1.82, 2.24) is 4.90 Å². The van der Waals surface area contributed by atoms with Gasteiger partial charge in [0.25, 0.3) is 5.91 Å². The molecule has 0 atom stereocenters. The number of amides is 1. The molecule has 1 N–H and O–H groups in total. The van der Waals surface area contributed by atoms with Gasteiger partial charge in [-0.05, 0) is 30.4 Å². The average Bonchev–Trinajstić information content (AvgIpc) is 2.91. The Balaban J connectivity index is 2.04. The maximum atomic E-state index is 12.3. The molecular formula is C15H15NO2. The first-order valence-electron chi connectivity index (χ1n) is 6.27. The Morgan fingerprint density at radius 3 is 2.61 bits per heavy atom. The zero-order valence-corrected chi connectivity index (χ0v) is 10.1. The van der Waals surface area contributed by atoms with Gasteiger partial charge in [-0.1, -0.05) is 24.3 Å². The minimum absolute atomic E-state index is 0.0218. The van der Waals surface area contributed by atoms with Crippen molar-refractivity contribution in [2.45, 2.75) is 12.8 Å². The van der Waals surface area contributed by atoms with E-state index in [1.807, 2.05) is 35.2 Å². The van der Waals surface area contributed by atoms with Crippen LogP contribution in [0.15, 0.2) is 36.4 Å². The molecular weight excluding hydrogens is 226 g/mol. The minimum atomic E-state index is 0.0218. The second-order valence-electron chi connectivity index (χ2n) is 4.72. The summed E-state index contributed by atoms with van der Waals surface area (Å²) in [6.45, 7) is 1.65. The summed E-state index contributed by atoms with van der Waals surface area (Å²) in [6, 6.07) is 11.0. The summed E-state index contributed by atoms with van der Waals surface area (Å²) in [5.74, 6) is 0.198. The SMILES string of the molecule is O=C(c1cc(O)c2ccccc2c1)N1CCCC1. The van der Waals surface area contributed by atoms with Gasteiger partial charge in [-0.25, -0.2) is 0 Å². The molecule has 0 aliphatic carbocycles. The molecule has 0 aromatic heterocycles. The number of nitrogens with zero attached hydrogens (tertiary/aromatic N) is 1. The Morgan fingerprint density at radius 1 is 1.11 bits per heavy atom. The van der Waals surface area contributed by atoms with E-state index in [0.717, 1.165) is 36.7 Å². The first-order valence-corrected chi connectivity index (χ1v) is 6.27. The number of phenolic OH excluding ortho intramolecular Hbond substituents is 1. The monoisotopic (exact) mass is 241 g/mol. The predicted molar refractivity (Wildman–Crippen MR) is 70.8 cm³/mol. The van der Waals surface area contributed by atoms with E-state index in [2.05, 4.69) is 0 Å². The molecule has 0 unspecified atom stereocenters. The molecule has 1 saturated heterocycles. The number of phenols is 1. The molecule has 0 bridgehead atoms. The van der Waals surface area contributed by atoms with Crippen LogP contribution in [0, 0.1) is 0 Å². The maximum Gasteiger partial charge on any atom is 0.254 e. The highest BCUT2D eigenvalue weighted by atomic mass is 16.3. The molecule has 0 spiro atoms. The summed E-state index contributed by atoms with van der Waals surface area (Å²) in [6.07, 6.45) is 2.15. The van der Waals surface area contributed by atoms with E-state index in [4.69, 9.17) is 0 Å². The molecule has 1 aliphatic heterocycles. The second-order valence-corrected chi connectivity index (χ2v) is 4.72. The third kappa shape index (κ3) is 1.82. The molecule has 3 heteroatoms. The van der Waals surface area contributed by atoms with Crippen molar-refractivity contribution in [3.8, 4) is 5.75 Å². The van der Waals surface area contributed by atoms with Crippen LogP contribution in [0.3, 0.4) is 0 Å². The number of hydrogen-bond donors (Lipinski definition) is 1. The third-order valence-electron chi connectivity index (χ3n) is 3.48. The van der Waals surface area contributed by atoms with E-state index in [1.54, 1.807) is 6.07 Å². The smallest absolute Gasteiger partial charge is 0.254 e. The predicted octanol–water partition coefficient (Wildman–Crippen LogP) is 2.78. The molecule has 0 saturated carbocycles. The van der Waals surface area contributed by atoms with E-state index in [9.17, 15) is 9.90 Å². The van der Waals surface area contributed by atoms with Crippen LogP contribution >= 0.6 is 0 Å². The lowest BCUT2D eigenvalue weighted by atomic mass is 10.1. The van der Waals surface area contributed by atoms with Crippen molar-refractivity contribution in [2.24, 2.45) is 0 Å². The van der Waals surface area contributed by atoms with Crippen molar-refractivity contribution < 1.29 is 9.90 Å². The quantitative estimate of drug-likeness (QED) is 0.834. The van der Waals surface area contributed by atoms with Gasteiger partial charge in [-0.2, -0.15) is 0 Å². The van der Waals surface area contributed by atoms with E-state index < -0.39 is 0 Å². The third-order valence-corrected chi connectivity index (χ3v) is 3.48. The van der Waals surface area contributed by atoms with Crippen molar-refractivity contribution in [2.75, 3.05) is 13.1 Å². The number of rotatable bonds is 1. The fraction of sp³-hybridized carbons (Fsp3) is 0.267. The Hall–Kier alpha value is -2.03. The van der Waals surface area contributed by atoms with Crippen molar-refractivity contribution in [3.63, 3.8) is 0 Å². The van der Waals surface area contributed by atoms with Gasteiger partial charge in [-0.15, -0.1) is 0 Å². The van der Waals surface area contributed by atoms with Gasteiger partial charge in [-0.3, -0.25) is 4.79 Å². The molecule has 1 fully saturated rings. The van der Waals surface area contributed by atoms with Crippen LogP contribution in [-0.2, 0) is 0 Å². The highest BCUT2D eigenvalue weighted by Crippen LogP contribution is 2.27. The number of carbonyl (C=O) groups is 1. The van der Waals surface area contributed by atoms with Crippen LogP contribution in [-0.4, -0.2) is 29.0 Å². The van der Waals surface area contributed by atoms with Crippen LogP contribution in [0.25, 0.3) is 10.8 Å². The number of fused-ring (bicyclic) bond motifs is 1. The van der Waals surface area contributed by atoms with Crippen molar-refractivity contribution in [1.29, 1.82) is 0 Å². The Kier molecular flexibility index (Phi) is 2.67. The first kappa shape index (κ1) is 11.1. The number of hydrogen-bond acceptors (Lipinski definition) is 2. The molecule has 2 aromatic carbocycles. The number of carbonyl (C=O) groups excluding carboxylic acids is 1. The van der Waals surface area contributed by atoms with Gasteiger partial charge in [0.05, 0.1) is 0 Å². The van der Waals surface area contributed by atoms with Gasteiger partial charge in [0, 0.05) is 24.0 Å². The fourth-order valence-corrected chi connectivity index (χ4v) is 2.52. The van der Waals surface area contributed by atoms with Gasteiger partial charge in [0.15, 0.2) is 0 Å². The number of benzene rings is 2. The topological polar surface area (TPSA) is 40.5 Å². The first-order chi connectivity index (χ1) is 8.75. The summed E-state index contributed by atoms with van der Waals surface area (Å²) < 4.78 is 0. The highest BCUT2D eigenvalue weighted by molar-refractivity contribution is 6.00. The largest absolute Gasteiger partial charge is 0.507 e. The fourth-order valence-electron chi connectivity index (χ4n) is 2.52. The van der Waals surface area contributed by atoms with Gasteiger partial charge >= 0.3 is 0 Å². The molecule has 2 aromatic rings. The standard InChI is InChI=1S/C15H15NO2/c17-14-10-12(15(18)16-7-3-4-8-16)9-11-5-1-2-6-13(11)14/h1-2,5-6,9-10,17H,3-4,7-8H2. The summed E-state index contributed by atoms with van der Waals surface area (Å²) in [7, 11) is 0. The summed E-state index contributed by atoms with van der Waals surface area (Å²) in [4.78, 5) is 14.1. The zero-order chi connectivity index (χ0) is 12.5. The molecule has 1 aliphatic rings. The van der Waals surface area contributed by atoms with Gasteiger partial charge < -0.3 is 10.0 Å². The van der Waals surface area contributed by atoms with Crippen LogP contribution < -0.4 is 0 Å². The zero-order valence-electron chi connectivity index (χ0n) is 10.1. The lowest BCUT2D eigenvalue weighted by Crippen LogP contribution is -2.27. The van der Waals surface area contributed by atoms with Crippen LogP contribution in [0.4, 0.5) is 0 Å². The lowest BCUT2D eigenvalue weighted by Gasteiger charge is -2.15. The molecule has 92 valence electrons. The molecule has 1 amide bonds. The average molecular weight is 241 g/mol. The molecule has 0 radical (unpaired) electrons. The van der Waals surface area contributed by atoms with Gasteiger partial charge in [0.1, 0.15) is 5.75 Å². The van der Waals surface area contributed by atoms with Crippen LogP contribution in [0.2, 0.25) is 0 Å². The molecule has 1 heterocycles. The van der Waals surface area contributed by atoms with Crippen LogP contribution in [0.5, 0.6) is 5.75 Å². The van der Waals surface area contributed by atoms with Crippen molar-refractivity contribution in [3.05, 3.63) is 42.0 Å². The Bertz CT molecular complexity index is 600. The summed E-state index contributed by atoms with van der Waals surface area (Å²) in [5.41, 5.74) is 0.577. The minimum Gasteiger partial charge on any atom is -0.507 e. The van der Waals surface area contributed by atoms with E-state index in [-0.39, 0.29) is 11.7 Å². The highest BCUT2D eigenvalue weighted by Gasteiger charge is 2.20. The van der Waals surface area contributed by atoms with E-state index in [0.29, 0.717) is 5.56 Å². The van der Waals surface area contributed by atoms with E-state index in [1.165, 1.54) is 0 Å². The molecule has 18 heavy (non-hydrogen) atoms. The lowest BCUT2D eigenvalue weighted by molar-refractivity contribution is 0.0792. The van der Waals surface area contributed by atoms with Crippen molar-refractivity contribution >= 4 is 16.7 Å². The summed E-state index contributed by atoms with van der Waals surface area (Å²) >= 11 is 0. The second kappa shape index (κ2) is 4.33. The Labute approximate surface area is 106 Å².